The Morgan fingerprint density at radius 2 is 1.84 bits per heavy atom. The molecule has 37 heavy (non-hydrogen) atoms. The zero-order valence-corrected chi connectivity index (χ0v) is 21.7. The molecule has 0 spiro atoms. The van der Waals surface area contributed by atoms with E-state index in [1.165, 1.54) is 0 Å². The van der Waals surface area contributed by atoms with Gasteiger partial charge in [-0.15, -0.1) is 0 Å². The molecule has 4 amide bonds. The molecule has 2 aliphatic rings. The molecular formula is C26H39FN4O6. The lowest BCUT2D eigenvalue weighted by molar-refractivity contribution is -0.144. The lowest BCUT2D eigenvalue weighted by Gasteiger charge is -2.33. The van der Waals surface area contributed by atoms with Crippen molar-refractivity contribution in [2.75, 3.05) is 26.4 Å². The van der Waals surface area contributed by atoms with Gasteiger partial charge in [0.25, 0.3) is 0 Å². The predicted octanol–water partition coefficient (Wildman–Crippen LogP) is 1.51. The van der Waals surface area contributed by atoms with Crippen LogP contribution < -0.4 is 26.2 Å². The van der Waals surface area contributed by atoms with Crippen LogP contribution >= 0.6 is 0 Å². The van der Waals surface area contributed by atoms with Crippen LogP contribution in [0, 0.1) is 23.7 Å². The van der Waals surface area contributed by atoms with Gasteiger partial charge in [-0.1, -0.05) is 32.9 Å². The Bertz CT molecular complexity index is 911. The monoisotopic (exact) mass is 522 g/mol. The summed E-state index contributed by atoms with van der Waals surface area (Å²) in [5.41, 5.74) is 2.45. The highest BCUT2D eigenvalue weighted by atomic mass is 19.1. The van der Waals surface area contributed by atoms with E-state index in [4.69, 9.17) is 4.74 Å². The van der Waals surface area contributed by atoms with Gasteiger partial charge < -0.3 is 20.7 Å². The molecule has 2 bridgehead atoms. The minimum Gasteiger partial charge on any atom is -0.494 e. The van der Waals surface area contributed by atoms with Crippen molar-refractivity contribution in [3.63, 3.8) is 0 Å². The fourth-order valence-corrected chi connectivity index (χ4v) is 4.33. The standard InChI is InChI=1S/C26H39FN4O6/c1-16(2)17(3)23-20(24(33)31-36)6-4-13-37-19-9-7-18(8-10-19)14-21(30-26(23)35)25(34)29-15-22(32)28-12-5-11-27/h7-10,16-17,20-21,23,36H,4-6,11-15H2,1-3H3,(H,28,32)(H,29,34)(H,30,35)(H,31,33)/t17?,20-,21-,23+/m0/s1. The lowest BCUT2D eigenvalue weighted by Crippen LogP contribution is -2.54. The van der Waals surface area contributed by atoms with Gasteiger partial charge in [-0.05, 0) is 48.8 Å². The Labute approximate surface area is 217 Å². The summed E-state index contributed by atoms with van der Waals surface area (Å²) in [6.45, 7) is 5.34. The SMILES string of the molecule is CC(C)C(C)[C@H]1C(=O)N[C@H](C(=O)NCC(=O)NCCCF)Cc2ccc(cc2)OCCC[C@@H]1C(=O)NO. The molecular weight excluding hydrogens is 483 g/mol. The van der Waals surface area contributed by atoms with Crippen molar-refractivity contribution in [2.24, 2.45) is 23.7 Å². The molecule has 4 atom stereocenters. The first-order chi connectivity index (χ1) is 17.7. The topological polar surface area (TPSA) is 146 Å². The second-order valence-corrected chi connectivity index (χ2v) is 9.72. The molecule has 1 aromatic rings. The highest BCUT2D eigenvalue weighted by Crippen LogP contribution is 2.31. The average molecular weight is 523 g/mol. The molecule has 1 unspecified atom stereocenters. The Balaban J connectivity index is 2.33. The fourth-order valence-electron chi connectivity index (χ4n) is 4.33. The summed E-state index contributed by atoms with van der Waals surface area (Å²) in [5.74, 6) is -3.46. The maximum Gasteiger partial charge on any atom is 0.247 e. The number of ether oxygens (including phenoxy) is 1. The van der Waals surface area contributed by atoms with E-state index in [9.17, 15) is 28.8 Å². The van der Waals surface area contributed by atoms with Crippen LogP contribution in [0.25, 0.3) is 0 Å². The minimum atomic E-state index is -1.03. The number of amides is 4. The van der Waals surface area contributed by atoms with Crippen molar-refractivity contribution in [1.82, 2.24) is 21.4 Å². The summed E-state index contributed by atoms with van der Waals surface area (Å²) >= 11 is 0. The summed E-state index contributed by atoms with van der Waals surface area (Å²) in [6.07, 6.45) is 1.07. The molecule has 2 heterocycles. The lowest BCUT2D eigenvalue weighted by atomic mass is 9.74. The molecule has 3 rings (SSSR count). The summed E-state index contributed by atoms with van der Waals surface area (Å²) in [6, 6.07) is 6.09. The van der Waals surface area contributed by atoms with Crippen molar-refractivity contribution in [1.29, 1.82) is 0 Å². The second-order valence-electron chi connectivity index (χ2n) is 9.72. The van der Waals surface area contributed by atoms with E-state index in [1.54, 1.807) is 29.7 Å². The van der Waals surface area contributed by atoms with Gasteiger partial charge in [-0.3, -0.25) is 28.8 Å². The number of hydrogen-bond acceptors (Lipinski definition) is 6. The number of benzene rings is 1. The van der Waals surface area contributed by atoms with Crippen molar-refractivity contribution in [3.05, 3.63) is 29.8 Å². The van der Waals surface area contributed by atoms with Crippen molar-refractivity contribution < 1.29 is 33.5 Å². The molecule has 5 N–H and O–H groups in total. The first-order valence-electron chi connectivity index (χ1n) is 12.7. The molecule has 1 aromatic carbocycles. The summed E-state index contributed by atoms with van der Waals surface area (Å²) < 4.78 is 18.0. The highest BCUT2D eigenvalue weighted by molar-refractivity contribution is 5.93. The normalized spacial score (nSPS) is 21.2. The first kappa shape index (κ1) is 30.0. The quantitative estimate of drug-likeness (QED) is 0.189. The van der Waals surface area contributed by atoms with E-state index < -0.39 is 48.2 Å². The third-order valence-corrected chi connectivity index (χ3v) is 6.78. The number of rotatable bonds is 9. The van der Waals surface area contributed by atoms with Crippen LogP contribution in [0.4, 0.5) is 4.39 Å². The van der Waals surface area contributed by atoms with Crippen molar-refractivity contribution >= 4 is 23.6 Å². The summed E-state index contributed by atoms with van der Waals surface area (Å²) in [4.78, 5) is 51.4. The summed E-state index contributed by atoms with van der Waals surface area (Å²) in [7, 11) is 0. The van der Waals surface area contributed by atoms with Gasteiger partial charge in [0.05, 0.1) is 31.7 Å². The Kier molecular flexibility index (Phi) is 12.3. The highest BCUT2D eigenvalue weighted by Gasteiger charge is 2.39. The van der Waals surface area contributed by atoms with Crippen LogP contribution in [-0.2, 0) is 25.6 Å². The number of carbonyl (C=O) groups is 4. The van der Waals surface area contributed by atoms with Crippen molar-refractivity contribution in [2.45, 2.75) is 52.5 Å². The summed E-state index contributed by atoms with van der Waals surface area (Å²) in [5, 5.41) is 17.2. The number of nitrogens with one attached hydrogen (secondary N) is 4. The number of alkyl halides is 1. The van der Waals surface area contributed by atoms with Crippen LogP contribution in [-0.4, -0.2) is 61.2 Å². The molecule has 11 heteroatoms. The van der Waals surface area contributed by atoms with E-state index in [2.05, 4.69) is 16.0 Å². The third-order valence-electron chi connectivity index (χ3n) is 6.78. The van der Waals surface area contributed by atoms with Gasteiger partial charge in [-0.25, -0.2) is 5.48 Å². The number of fused-ring (bicyclic) bond motifs is 11. The number of halogens is 1. The molecule has 0 aliphatic carbocycles. The maximum atomic E-state index is 13.6. The molecule has 10 nitrogen and oxygen atoms in total. The molecule has 0 saturated heterocycles. The number of carbonyl (C=O) groups excluding carboxylic acids is 4. The molecule has 0 aromatic heterocycles. The maximum absolute atomic E-state index is 13.6. The fraction of sp³-hybridized carbons (Fsp3) is 0.615. The first-order valence-corrected chi connectivity index (χ1v) is 12.7. The van der Waals surface area contributed by atoms with E-state index in [0.717, 1.165) is 5.56 Å². The van der Waals surface area contributed by atoms with Crippen LogP contribution in [0.15, 0.2) is 24.3 Å². The Morgan fingerprint density at radius 3 is 2.46 bits per heavy atom. The zero-order valence-electron chi connectivity index (χ0n) is 21.7. The van der Waals surface area contributed by atoms with E-state index in [-0.39, 0.29) is 44.2 Å². The van der Waals surface area contributed by atoms with Crippen LogP contribution in [0.3, 0.4) is 0 Å². The van der Waals surface area contributed by atoms with Gasteiger partial charge in [0.2, 0.25) is 23.6 Å². The van der Waals surface area contributed by atoms with E-state index in [1.807, 2.05) is 20.8 Å². The van der Waals surface area contributed by atoms with Gasteiger partial charge >= 0.3 is 0 Å². The van der Waals surface area contributed by atoms with Gasteiger partial charge in [0, 0.05) is 13.0 Å². The van der Waals surface area contributed by atoms with Crippen LogP contribution in [0.1, 0.15) is 45.6 Å². The molecule has 206 valence electrons. The third kappa shape index (κ3) is 9.31. The minimum absolute atomic E-state index is 0.0342. The molecule has 0 radical (unpaired) electrons. The number of hydrogen-bond donors (Lipinski definition) is 5. The Hall–Kier alpha value is -3.21. The van der Waals surface area contributed by atoms with E-state index in [0.29, 0.717) is 18.8 Å². The smallest absolute Gasteiger partial charge is 0.247 e. The van der Waals surface area contributed by atoms with Crippen molar-refractivity contribution in [3.8, 4) is 5.75 Å². The van der Waals surface area contributed by atoms with Crippen LogP contribution in [0.5, 0.6) is 5.75 Å². The molecule has 2 aliphatic heterocycles. The van der Waals surface area contributed by atoms with Gasteiger partial charge in [-0.2, -0.15) is 0 Å². The van der Waals surface area contributed by atoms with Gasteiger partial charge in [0.15, 0.2) is 0 Å². The molecule has 0 saturated carbocycles. The largest absolute Gasteiger partial charge is 0.494 e. The van der Waals surface area contributed by atoms with E-state index >= 15 is 0 Å². The second kappa shape index (κ2) is 15.1. The number of hydroxylamine groups is 1. The van der Waals surface area contributed by atoms with Crippen LogP contribution in [0.2, 0.25) is 0 Å². The predicted molar refractivity (Wildman–Crippen MR) is 134 cm³/mol. The zero-order chi connectivity index (χ0) is 27.4. The molecule has 0 fully saturated rings. The Morgan fingerprint density at radius 1 is 1.14 bits per heavy atom. The van der Waals surface area contributed by atoms with Gasteiger partial charge in [0.1, 0.15) is 11.8 Å². The average Bonchev–Trinajstić information content (AvgIpc) is 2.88.